The van der Waals surface area contributed by atoms with Crippen LogP contribution in [0.25, 0.3) is 0 Å². The summed E-state index contributed by atoms with van der Waals surface area (Å²) in [4.78, 5) is 18.6. The van der Waals surface area contributed by atoms with Gasteiger partial charge in [0.1, 0.15) is 6.33 Å². The number of hydrogen-bond donors (Lipinski definition) is 2. The summed E-state index contributed by atoms with van der Waals surface area (Å²) in [6.45, 7) is 10.4. The minimum atomic E-state index is -0.471. The van der Waals surface area contributed by atoms with Crippen molar-refractivity contribution in [3.05, 3.63) is 16.4 Å². The molecule has 112 valence electrons. The number of anilines is 2. The average molecular weight is 281 g/mol. The van der Waals surface area contributed by atoms with Crippen LogP contribution in [0.1, 0.15) is 41.0 Å². The normalized spacial score (nSPS) is 12.1. The molecule has 0 aliphatic heterocycles. The van der Waals surface area contributed by atoms with Crippen LogP contribution in [0.5, 0.6) is 0 Å². The lowest BCUT2D eigenvalue weighted by Gasteiger charge is -2.33. The van der Waals surface area contributed by atoms with Gasteiger partial charge in [-0.2, -0.15) is 0 Å². The predicted molar refractivity (Wildman–Crippen MR) is 80.0 cm³/mol. The molecule has 2 N–H and O–H groups in total. The molecular formula is C13H23N5O2. The summed E-state index contributed by atoms with van der Waals surface area (Å²) in [5.74, 6) is 0.447. The summed E-state index contributed by atoms with van der Waals surface area (Å²) >= 11 is 0. The molecule has 1 aromatic rings. The molecule has 0 saturated carbocycles. The van der Waals surface area contributed by atoms with Gasteiger partial charge in [-0.05, 0) is 25.7 Å². The molecule has 1 heterocycles. The van der Waals surface area contributed by atoms with Crippen molar-refractivity contribution in [1.82, 2.24) is 9.97 Å². The fourth-order valence-corrected chi connectivity index (χ4v) is 2.52. The van der Waals surface area contributed by atoms with Gasteiger partial charge in [-0.25, -0.2) is 9.97 Å². The van der Waals surface area contributed by atoms with Gasteiger partial charge in [0.15, 0.2) is 0 Å². The Labute approximate surface area is 119 Å². The van der Waals surface area contributed by atoms with Crippen LogP contribution >= 0.6 is 0 Å². The maximum atomic E-state index is 11.2. The third-order valence-corrected chi connectivity index (χ3v) is 2.67. The van der Waals surface area contributed by atoms with Crippen molar-refractivity contribution in [2.24, 2.45) is 5.41 Å². The lowest BCUT2D eigenvalue weighted by Crippen LogP contribution is -2.36. The predicted octanol–water partition coefficient (Wildman–Crippen LogP) is 3.05. The minimum Gasteiger partial charge on any atom is -0.367 e. The monoisotopic (exact) mass is 281 g/mol. The van der Waals surface area contributed by atoms with Gasteiger partial charge in [0, 0.05) is 12.6 Å². The summed E-state index contributed by atoms with van der Waals surface area (Å²) in [5, 5.41) is 17.1. The number of nitrogens with zero attached hydrogens (tertiary/aromatic N) is 3. The summed E-state index contributed by atoms with van der Waals surface area (Å²) < 4.78 is 0. The molecule has 0 fully saturated rings. The second-order valence-electron chi connectivity index (χ2n) is 6.67. The smallest absolute Gasteiger partial charge is 0.353 e. The van der Waals surface area contributed by atoms with Crippen LogP contribution in [0.2, 0.25) is 0 Å². The van der Waals surface area contributed by atoms with Crippen LogP contribution in [0.3, 0.4) is 0 Å². The largest absolute Gasteiger partial charge is 0.367 e. The Bertz CT molecular complexity index is 494. The fourth-order valence-electron chi connectivity index (χ4n) is 2.52. The van der Waals surface area contributed by atoms with E-state index >= 15 is 0 Å². The molecule has 0 bridgehead atoms. The second-order valence-corrected chi connectivity index (χ2v) is 6.67. The Hall–Kier alpha value is -1.92. The highest BCUT2D eigenvalue weighted by Crippen LogP contribution is 2.34. The van der Waals surface area contributed by atoms with Gasteiger partial charge in [-0.3, -0.25) is 10.1 Å². The van der Waals surface area contributed by atoms with Gasteiger partial charge in [-0.1, -0.05) is 20.8 Å². The van der Waals surface area contributed by atoms with Crippen LogP contribution in [-0.4, -0.2) is 27.5 Å². The first kappa shape index (κ1) is 16.1. The SMILES string of the molecule is CNc1ncnc(NC(C)(C)CC(C)(C)C)c1[N+](=O)[O-]. The van der Waals surface area contributed by atoms with Crippen molar-refractivity contribution < 1.29 is 4.92 Å². The highest BCUT2D eigenvalue weighted by molar-refractivity contribution is 5.69. The van der Waals surface area contributed by atoms with E-state index in [9.17, 15) is 10.1 Å². The van der Waals surface area contributed by atoms with Crippen LogP contribution < -0.4 is 10.6 Å². The zero-order chi connectivity index (χ0) is 15.6. The van der Waals surface area contributed by atoms with Gasteiger partial charge in [-0.15, -0.1) is 0 Å². The van der Waals surface area contributed by atoms with Gasteiger partial charge < -0.3 is 10.6 Å². The average Bonchev–Trinajstić information content (AvgIpc) is 2.23. The third-order valence-electron chi connectivity index (χ3n) is 2.67. The molecule has 7 nitrogen and oxygen atoms in total. The van der Waals surface area contributed by atoms with Crippen LogP contribution in [0, 0.1) is 15.5 Å². The first-order valence-electron chi connectivity index (χ1n) is 6.51. The van der Waals surface area contributed by atoms with E-state index in [1.165, 1.54) is 6.33 Å². The van der Waals surface area contributed by atoms with E-state index in [1.807, 2.05) is 13.8 Å². The quantitative estimate of drug-likeness (QED) is 0.636. The van der Waals surface area contributed by atoms with E-state index in [-0.39, 0.29) is 28.3 Å². The molecule has 0 unspecified atom stereocenters. The van der Waals surface area contributed by atoms with Crippen LogP contribution in [0.4, 0.5) is 17.3 Å². The molecular weight excluding hydrogens is 258 g/mol. The zero-order valence-electron chi connectivity index (χ0n) is 12.9. The van der Waals surface area contributed by atoms with Crippen LogP contribution in [0.15, 0.2) is 6.33 Å². The van der Waals surface area contributed by atoms with Crippen molar-refractivity contribution >= 4 is 17.3 Å². The van der Waals surface area contributed by atoms with Crippen molar-refractivity contribution in [2.75, 3.05) is 17.7 Å². The summed E-state index contributed by atoms with van der Waals surface area (Å²) in [6, 6.07) is 0. The minimum absolute atomic E-state index is 0.101. The maximum Gasteiger partial charge on any atom is 0.353 e. The van der Waals surface area contributed by atoms with E-state index in [1.54, 1.807) is 7.05 Å². The van der Waals surface area contributed by atoms with Crippen molar-refractivity contribution in [3.63, 3.8) is 0 Å². The fraction of sp³-hybridized carbons (Fsp3) is 0.692. The van der Waals surface area contributed by atoms with Crippen molar-refractivity contribution in [2.45, 2.75) is 46.6 Å². The van der Waals surface area contributed by atoms with Crippen LogP contribution in [-0.2, 0) is 0 Å². The van der Waals surface area contributed by atoms with E-state index in [4.69, 9.17) is 0 Å². The van der Waals surface area contributed by atoms with E-state index in [0.29, 0.717) is 0 Å². The first-order valence-corrected chi connectivity index (χ1v) is 6.51. The molecule has 0 spiro atoms. The lowest BCUT2D eigenvalue weighted by atomic mass is 9.82. The molecule has 0 aliphatic rings. The molecule has 0 atom stereocenters. The molecule has 7 heteroatoms. The van der Waals surface area contributed by atoms with E-state index in [2.05, 4.69) is 41.4 Å². The topological polar surface area (TPSA) is 93.0 Å². The van der Waals surface area contributed by atoms with Crippen molar-refractivity contribution in [1.29, 1.82) is 0 Å². The lowest BCUT2D eigenvalue weighted by molar-refractivity contribution is -0.383. The molecule has 0 aromatic carbocycles. The van der Waals surface area contributed by atoms with Gasteiger partial charge in [0.2, 0.25) is 11.6 Å². The molecule has 20 heavy (non-hydrogen) atoms. The van der Waals surface area contributed by atoms with Gasteiger partial charge in [0.25, 0.3) is 0 Å². The number of nitrogens with one attached hydrogen (secondary N) is 2. The highest BCUT2D eigenvalue weighted by atomic mass is 16.6. The number of nitro groups is 1. The number of aromatic nitrogens is 2. The standard InChI is InChI=1S/C13H23N5O2/c1-12(2,3)7-13(4,5)17-11-9(18(19)20)10(14-6)15-8-16-11/h8H,7H2,1-6H3,(H2,14,15,16,17). The van der Waals surface area contributed by atoms with Gasteiger partial charge in [0.05, 0.1) is 4.92 Å². The second kappa shape index (κ2) is 5.60. The Kier molecular flexibility index (Phi) is 4.52. The molecule has 0 radical (unpaired) electrons. The first-order chi connectivity index (χ1) is 9.06. The van der Waals surface area contributed by atoms with Crippen molar-refractivity contribution in [3.8, 4) is 0 Å². The van der Waals surface area contributed by atoms with E-state index < -0.39 is 4.92 Å². The molecule has 1 rings (SSSR count). The zero-order valence-corrected chi connectivity index (χ0v) is 12.9. The van der Waals surface area contributed by atoms with E-state index in [0.717, 1.165) is 6.42 Å². The van der Waals surface area contributed by atoms with Gasteiger partial charge >= 0.3 is 5.69 Å². The molecule has 0 amide bonds. The number of rotatable bonds is 5. The molecule has 0 saturated heterocycles. The third kappa shape index (κ3) is 4.32. The Morgan fingerprint density at radius 2 is 1.75 bits per heavy atom. The summed E-state index contributed by atoms with van der Waals surface area (Å²) in [5.41, 5.74) is -0.344. The Morgan fingerprint density at radius 3 is 2.20 bits per heavy atom. The summed E-state index contributed by atoms with van der Waals surface area (Å²) in [6.07, 6.45) is 2.16. The highest BCUT2D eigenvalue weighted by Gasteiger charge is 2.30. The number of hydrogen-bond acceptors (Lipinski definition) is 6. The Morgan fingerprint density at radius 1 is 1.20 bits per heavy atom. The maximum absolute atomic E-state index is 11.2. The summed E-state index contributed by atoms with van der Waals surface area (Å²) in [7, 11) is 1.60. The molecule has 0 aliphatic carbocycles. The Balaban J connectivity index is 3.12. The molecule has 1 aromatic heterocycles.